The molecule has 1 atom stereocenters. The van der Waals surface area contributed by atoms with Gasteiger partial charge in [-0.1, -0.05) is 19.1 Å². The van der Waals surface area contributed by atoms with Gasteiger partial charge in [-0.3, -0.25) is 4.79 Å². The molecule has 1 heterocycles. The molecule has 0 bridgehead atoms. The van der Waals surface area contributed by atoms with Gasteiger partial charge in [0.25, 0.3) is 0 Å². The minimum absolute atomic E-state index is 0.217. The van der Waals surface area contributed by atoms with Gasteiger partial charge in [-0.2, -0.15) is 0 Å². The number of benzene rings is 1. The fourth-order valence-corrected chi connectivity index (χ4v) is 2.21. The number of nitrogens with one attached hydrogen (secondary N) is 1. The van der Waals surface area contributed by atoms with Crippen molar-refractivity contribution in [1.82, 2.24) is 5.32 Å². The third-order valence-corrected chi connectivity index (χ3v) is 3.26. The molecule has 17 heavy (non-hydrogen) atoms. The van der Waals surface area contributed by atoms with Crippen molar-refractivity contribution in [3.05, 3.63) is 29.3 Å². The Morgan fingerprint density at radius 2 is 2.41 bits per heavy atom. The van der Waals surface area contributed by atoms with Gasteiger partial charge >= 0.3 is 0 Å². The number of hydrogen-bond acceptors (Lipinski definition) is 2. The number of carbonyl (C=O) groups excluding carboxylic acids is 1. The van der Waals surface area contributed by atoms with Crippen LogP contribution in [0.25, 0.3) is 0 Å². The normalized spacial score (nSPS) is 15.6. The average Bonchev–Trinajstić information content (AvgIpc) is 2.38. The second-order valence-corrected chi connectivity index (χ2v) is 4.49. The third-order valence-electron chi connectivity index (χ3n) is 3.26. The van der Waals surface area contributed by atoms with Crippen molar-refractivity contribution in [2.75, 3.05) is 6.61 Å². The van der Waals surface area contributed by atoms with Crippen molar-refractivity contribution >= 4 is 6.41 Å². The van der Waals surface area contributed by atoms with Crippen molar-refractivity contribution in [3.63, 3.8) is 0 Å². The van der Waals surface area contributed by atoms with Gasteiger partial charge in [0, 0.05) is 6.04 Å². The zero-order chi connectivity index (χ0) is 12.1. The fourth-order valence-electron chi connectivity index (χ4n) is 2.21. The smallest absolute Gasteiger partial charge is 0.207 e. The van der Waals surface area contributed by atoms with Gasteiger partial charge in [-0.25, -0.2) is 0 Å². The van der Waals surface area contributed by atoms with E-state index in [2.05, 4.69) is 30.4 Å². The number of fused-ring (bicyclic) bond motifs is 1. The summed E-state index contributed by atoms with van der Waals surface area (Å²) in [6.45, 7) is 2.90. The Labute approximate surface area is 102 Å². The molecular weight excluding hydrogens is 214 g/mol. The molecule has 1 aromatic rings. The Hall–Kier alpha value is -1.51. The standard InChI is InChI=1S/C14H19NO2/c1-2-13(15-10-16)8-11-5-6-12-4-3-7-17-14(12)9-11/h5-6,9-10,13H,2-4,7-8H2,1H3,(H,15,16). The molecule has 0 aliphatic carbocycles. The van der Waals surface area contributed by atoms with Gasteiger partial charge in [-0.05, 0) is 42.9 Å². The second-order valence-electron chi connectivity index (χ2n) is 4.49. The highest BCUT2D eigenvalue weighted by molar-refractivity contribution is 5.47. The summed E-state index contributed by atoms with van der Waals surface area (Å²) in [4.78, 5) is 10.5. The molecule has 0 fully saturated rings. The van der Waals surface area contributed by atoms with Crippen LogP contribution in [0.4, 0.5) is 0 Å². The molecule has 1 aromatic carbocycles. The SMILES string of the molecule is CCC(Cc1ccc2c(c1)OCCC2)NC=O. The molecule has 1 unspecified atom stereocenters. The molecule has 1 amide bonds. The monoisotopic (exact) mass is 233 g/mol. The first kappa shape index (κ1) is 12.0. The fraction of sp³-hybridized carbons (Fsp3) is 0.500. The predicted molar refractivity (Wildman–Crippen MR) is 67.2 cm³/mol. The van der Waals surface area contributed by atoms with E-state index < -0.39 is 0 Å². The van der Waals surface area contributed by atoms with Crippen LogP contribution in [-0.2, 0) is 17.6 Å². The predicted octanol–water partition coefficient (Wildman–Crippen LogP) is 2.08. The molecule has 92 valence electrons. The molecule has 2 rings (SSSR count). The van der Waals surface area contributed by atoms with E-state index in [1.54, 1.807) is 0 Å². The molecule has 1 N–H and O–H groups in total. The van der Waals surface area contributed by atoms with Gasteiger partial charge in [0.15, 0.2) is 0 Å². The highest BCUT2D eigenvalue weighted by atomic mass is 16.5. The lowest BCUT2D eigenvalue weighted by atomic mass is 9.99. The molecule has 0 aromatic heterocycles. The van der Waals surface area contributed by atoms with Crippen LogP contribution < -0.4 is 10.1 Å². The molecule has 1 aliphatic rings. The zero-order valence-electron chi connectivity index (χ0n) is 10.2. The highest BCUT2D eigenvalue weighted by Crippen LogP contribution is 2.26. The van der Waals surface area contributed by atoms with Gasteiger partial charge in [0.05, 0.1) is 6.61 Å². The second kappa shape index (κ2) is 5.71. The molecule has 0 saturated carbocycles. The first-order valence-corrected chi connectivity index (χ1v) is 6.27. The minimum atomic E-state index is 0.217. The summed E-state index contributed by atoms with van der Waals surface area (Å²) in [6, 6.07) is 6.62. The van der Waals surface area contributed by atoms with Crippen LogP contribution in [0.15, 0.2) is 18.2 Å². The van der Waals surface area contributed by atoms with Gasteiger partial charge in [0.2, 0.25) is 6.41 Å². The van der Waals surface area contributed by atoms with E-state index >= 15 is 0 Å². The number of rotatable bonds is 5. The Morgan fingerprint density at radius 3 is 3.18 bits per heavy atom. The quantitative estimate of drug-likeness (QED) is 0.791. The van der Waals surface area contributed by atoms with Crippen molar-refractivity contribution in [2.45, 2.75) is 38.6 Å². The summed E-state index contributed by atoms with van der Waals surface area (Å²) in [5.41, 5.74) is 2.53. The van der Waals surface area contributed by atoms with Crippen LogP contribution in [0.2, 0.25) is 0 Å². The molecule has 3 heteroatoms. The molecular formula is C14H19NO2. The van der Waals surface area contributed by atoms with Crippen LogP contribution in [0, 0.1) is 0 Å². The summed E-state index contributed by atoms with van der Waals surface area (Å²) < 4.78 is 5.65. The zero-order valence-corrected chi connectivity index (χ0v) is 10.2. The number of hydrogen-bond donors (Lipinski definition) is 1. The summed E-state index contributed by atoms with van der Waals surface area (Å²) in [5.74, 6) is 1.02. The summed E-state index contributed by atoms with van der Waals surface area (Å²) in [7, 11) is 0. The maximum Gasteiger partial charge on any atom is 0.207 e. The van der Waals surface area contributed by atoms with Gasteiger partial charge in [-0.15, -0.1) is 0 Å². The topological polar surface area (TPSA) is 38.3 Å². The van der Waals surface area contributed by atoms with Crippen molar-refractivity contribution < 1.29 is 9.53 Å². The number of carbonyl (C=O) groups is 1. The molecule has 0 saturated heterocycles. The lowest BCUT2D eigenvalue weighted by Crippen LogP contribution is -2.29. The molecule has 0 spiro atoms. The summed E-state index contributed by atoms with van der Waals surface area (Å²) in [5, 5.41) is 2.84. The van der Waals surface area contributed by atoms with Crippen molar-refractivity contribution in [2.24, 2.45) is 0 Å². The van der Waals surface area contributed by atoms with Crippen molar-refractivity contribution in [1.29, 1.82) is 0 Å². The maximum absolute atomic E-state index is 10.5. The summed E-state index contributed by atoms with van der Waals surface area (Å²) in [6.07, 6.45) is 4.81. The van der Waals surface area contributed by atoms with Crippen LogP contribution in [0.5, 0.6) is 5.75 Å². The number of ether oxygens (including phenoxy) is 1. The summed E-state index contributed by atoms with van der Waals surface area (Å²) >= 11 is 0. The van der Waals surface area contributed by atoms with Crippen LogP contribution >= 0.6 is 0 Å². The van der Waals surface area contributed by atoms with Crippen molar-refractivity contribution in [3.8, 4) is 5.75 Å². The van der Waals surface area contributed by atoms with Gasteiger partial charge in [0.1, 0.15) is 5.75 Å². The average molecular weight is 233 g/mol. The lowest BCUT2D eigenvalue weighted by molar-refractivity contribution is -0.110. The van der Waals surface area contributed by atoms with Crippen LogP contribution in [0.1, 0.15) is 30.9 Å². The van der Waals surface area contributed by atoms with Gasteiger partial charge < -0.3 is 10.1 Å². The van der Waals surface area contributed by atoms with Crippen LogP contribution in [-0.4, -0.2) is 19.1 Å². The van der Waals surface area contributed by atoms with E-state index in [4.69, 9.17) is 4.74 Å². The van der Waals surface area contributed by atoms with E-state index in [1.807, 2.05) is 0 Å². The first-order chi connectivity index (χ1) is 8.33. The van der Waals surface area contributed by atoms with E-state index in [9.17, 15) is 4.79 Å². The maximum atomic E-state index is 10.5. The highest BCUT2D eigenvalue weighted by Gasteiger charge is 2.12. The minimum Gasteiger partial charge on any atom is -0.493 e. The van der Waals surface area contributed by atoms with E-state index in [0.717, 1.165) is 44.4 Å². The molecule has 0 radical (unpaired) electrons. The Kier molecular flexibility index (Phi) is 4.02. The first-order valence-electron chi connectivity index (χ1n) is 6.27. The largest absolute Gasteiger partial charge is 0.493 e. The number of aryl methyl sites for hydroxylation is 1. The Balaban J connectivity index is 2.08. The number of amides is 1. The van der Waals surface area contributed by atoms with E-state index in [1.165, 1.54) is 11.1 Å². The molecule has 3 nitrogen and oxygen atoms in total. The Morgan fingerprint density at radius 1 is 1.53 bits per heavy atom. The Bertz CT molecular complexity index is 390. The van der Waals surface area contributed by atoms with E-state index in [0.29, 0.717) is 0 Å². The van der Waals surface area contributed by atoms with Crippen LogP contribution in [0.3, 0.4) is 0 Å². The molecule has 1 aliphatic heterocycles. The third kappa shape index (κ3) is 2.99. The lowest BCUT2D eigenvalue weighted by Gasteiger charge is -2.19. The van der Waals surface area contributed by atoms with E-state index in [-0.39, 0.29) is 6.04 Å².